The van der Waals surface area contributed by atoms with Gasteiger partial charge in [-0.2, -0.15) is 0 Å². The van der Waals surface area contributed by atoms with Crippen molar-refractivity contribution < 1.29 is 24.4 Å². The molecule has 0 amide bonds. The van der Waals surface area contributed by atoms with E-state index in [1.807, 2.05) is 6.92 Å². The Hall–Kier alpha value is -0.230. The number of rotatable bonds is 3. The van der Waals surface area contributed by atoms with Crippen LogP contribution in [0, 0.1) is 0 Å². The Kier molecular flexibility index (Phi) is 4.25. The smallest absolute Gasteiger partial charge is 0.154 e. The summed E-state index contributed by atoms with van der Waals surface area (Å²) in [6.45, 7) is 1.46. The Morgan fingerprint density at radius 2 is 1.86 bits per heavy atom. The Morgan fingerprint density at radius 3 is 2.36 bits per heavy atom. The predicted molar refractivity (Wildman–Crippen MR) is 47.6 cm³/mol. The molecule has 5 heteroatoms. The first-order valence-corrected chi connectivity index (χ1v) is 4.88. The molecule has 1 saturated heterocycles. The maximum atomic E-state index is 13.4. The summed E-state index contributed by atoms with van der Waals surface area (Å²) in [6.07, 6.45) is -4.79. The van der Waals surface area contributed by atoms with Gasteiger partial charge in [-0.25, -0.2) is 4.39 Å². The average Bonchev–Trinajstić information content (AvgIpc) is 2.19. The van der Waals surface area contributed by atoms with E-state index in [1.165, 1.54) is 0 Å². The molecule has 0 saturated carbocycles. The zero-order chi connectivity index (χ0) is 10.7. The zero-order valence-electron chi connectivity index (χ0n) is 8.14. The fraction of sp³-hybridized carbons (Fsp3) is 1.00. The van der Waals surface area contributed by atoms with Crippen molar-refractivity contribution in [1.29, 1.82) is 0 Å². The summed E-state index contributed by atoms with van der Waals surface area (Å²) in [5.41, 5.74) is 0. The number of aliphatic hydroxyl groups excluding tert-OH is 3. The van der Waals surface area contributed by atoms with Crippen LogP contribution in [-0.4, -0.2) is 52.5 Å². The van der Waals surface area contributed by atoms with Gasteiger partial charge in [0.25, 0.3) is 0 Å². The van der Waals surface area contributed by atoms with E-state index in [9.17, 15) is 14.6 Å². The second-order valence-electron chi connectivity index (χ2n) is 3.61. The molecule has 1 rings (SSSR count). The van der Waals surface area contributed by atoms with Crippen LogP contribution in [0.15, 0.2) is 0 Å². The van der Waals surface area contributed by atoms with Crippen molar-refractivity contribution in [3.05, 3.63) is 0 Å². The van der Waals surface area contributed by atoms with Gasteiger partial charge >= 0.3 is 0 Å². The topological polar surface area (TPSA) is 69.9 Å². The van der Waals surface area contributed by atoms with Crippen LogP contribution in [0.3, 0.4) is 0 Å². The molecule has 3 N–H and O–H groups in total. The molecule has 0 aromatic heterocycles. The lowest BCUT2D eigenvalue weighted by molar-refractivity contribution is -0.213. The van der Waals surface area contributed by atoms with Gasteiger partial charge in [-0.3, -0.25) is 0 Å². The van der Waals surface area contributed by atoms with Gasteiger partial charge in [-0.1, -0.05) is 13.3 Å². The number of hydrogen-bond donors (Lipinski definition) is 3. The monoisotopic (exact) mass is 208 g/mol. The van der Waals surface area contributed by atoms with Gasteiger partial charge in [0.05, 0.1) is 12.7 Å². The molecule has 0 aliphatic carbocycles. The normalized spacial score (nSPS) is 43.9. The third-order valence-corrected chi connectivity index (χ3v) is 2.51. The van der Waals surface area contributed by atoms with Crippen molar-refractivity contribution in [2.75, 3.05) is 6.61 Å². The van der Waals surface area contributed by atoms with Crippen molar-refractivity contribution in [2.24, 2.45) is 0 Å². The molecule has 1 aliphatic heterocycles. The second kappa shape index (κ2) is 5.02. The van der Waals surface area contributed by atoms with Crippen LogP contribution in [-0.2, 0) is 4.74 Å². The van der Waals surface area contributed by atoms with Gasteiger partial charge in [0.15, 0.2) is 6.17 Å². The third-order valence-electron chi connectivity index (χ3n) is 2.51. The molecule has 0 aromatic carbocycles. The Labute approximate surface area is 82.3 Å². The van der Waals surface area contributed by atoms with Gasteiger partial charge in [-0.15, -0.1) is 0 Å². The maximum Gasteiger partial charge on any atom is 0.154 e. The van der Waals surface area contributed by atoms with E-state index >= 15 is 0 Å². The number of aliphatic hydroxyl groups is 3. The van der Waals surface area contributed by atoms with Gasteiger partial charge in [-0.05, 0) is 6.42 Å². The number of ether oxygens (including phenoxy) is 1. The molecule has 0 aromatic rings. The highest BCUT2D eigenvalue weighted by molar-refractivity contribution is 4.91. The summed E-state index contributed by atoms with van der Waals surface area (Å²) >= 11 is 0. The molecule has 84 valence electrons. The van der Waals surface area contributed by atoms with Gasteiger partial charge in [0, 0.05) is 0 Å². The summed E-state index contributed by atoms with van der Waals surface area (Å²) in [5.74, 6) is 0. The van der Waals surface area contributed by atoms with E-state index in [0.717, 1.165) is 6.42 Å². The Bertz CT molecular complexity index is 174. The molecule has 1 heterocycles. The summed E-state index contributed by atoms with van der Waals surface area (Å²) in [7, 11) is 0. The second-order valence-corrected chi connectivity index (χ2v) is 3.61. The summed E-state index contributed by atoms with van der Waals surface area (Å²) in [6, 6.07) is 0. The molecular formula is C9H17FO4. The lowest BCUT2D eigenvalue weighted by atomic mass is 9.94. The third kappa shape index (κ3) is 2.23. The van der Waals surface area contributed by atoms with E-state index in [0.29, 0.717) is 6.42 Å². The van der Waals surface area contributed by atoms with Crippen molar-refractivity contribution in [1.82, 2.24) is 0 Å². The minimum absolute atomic E-state index is 0.412. The van der Waals surface area contributed by atoms with Crippen molar-refractivity contribution in [3.8, 4) is 0 Å². The average molecular weight is 208 g/mol. The molecule has 0 radical (unpaired) electrons. The Morgan fingerprint density at radius 1 is 1.21 bits per heavy atom. The maximum absolute atomic E-state index is 13.4. The molecule has 0 bridgehead atoms. The van der Waals surface area contributed by atoms with E-state index in [2.05, 4.69) is 0 Å². The van der Waals surface area contributed by atoms with Crippen LogP contribution in [0.1, 0.15) is 19.8 Å². The first-order valence-electron chi connectivity index (χ1n) is 4.88. The fourth-order valence-electron chi connectivity index (χ4n) is 1.67. The van der Waals surface area contributed by atoms with Crippen molar-refractivity contribution in [3.63, 3.8) is 0 Å². The highest BCUT2D eigenvalue weighted by Crippen LogP contribution is 2.25. The minimum atomic E-state index is -1.58. The van der Waals surface area contributed by atoms with Crippen LogP contribution in [0.25, 0.3) is 0 Å². The summed E-state index contributed by atoms with van der Waals surface area (Å²) in [5, 5.41) is 27.5. The van der Waals surface area contributed by atoms with Gasteiger partial charge in [0.1, 0.15) is 18.3 Å². The van der Waals surface area contributed by atoms with E-state index in [-0.39, 0.29) is 0 Å². The molecule has 5 unspecified atom stereocenters. The van der Waals surface area contributed by atoms with Crippen LogP contribution in [0.4, 0.5) is 4.39 Å². The highest BCUT2D eigenvalue weighted by atomic mass is 19.1. The van der Waals surface area contributed by atoms with E-state index < -0.39 is 37.2 Å². The standard InChI is InChI=1S/C9H17FO4/c1-2-3-5-7(10)9(13)8(12)6(4-11)14-5/h5-9,11-13H,2-4H2,1H3. The number of hydrogen-bond acceptors (Lipinski definition) is 4. The molecule has 14 heavy (non-hydrogen) atoms. The zero-order valence-corrected chi connectivity index (χ0v) is 8.14. The number of halogens is 1. The van der Waals surface area contributed by atoms with Crippen LogP contribution in [0.5, 0.6) is 0 Å². The number of alkyl halides is 1. The molecular weight excluding hydrogens is 191 g/mol. The molecule has 1 aliphatic rings. The lowest BCUT2D eigenvalue weighted by Crippen LogP contribution is -2.56. The van der Waals surface area contributed by atoms with Crippen LogP contribution < -0.4 is 0 Å². The molecule has 1 fully saturated rings. The summed E-state index contributed by atoms with van der Waals surface area (Å²) < 4.78 is 18.5. The first kappa shape index (κ1) is 11.8. The van der Waals surface area contributed by atoms with Crippen LogP contribution >= 0.6 is 0 Å². The van der Waals surface area contributed by atoms with E-state index in [4.69, 9.17) is 9.84 Å². The fourth-order valence-corrected chi connectivity index (χ4v) is 1.67. The first-order chi connectivity index (χ1) is 6.61. The lowest BCUT2D eigenvalue weighted by Gasteiger charge is -2.38. The Balaban J connectivity index is 2.63. The SMILES string of the molecule is CCCC1OC(CO)C(O)C(O)C1F. The quantitative estimate of drug-likeness (QED) is 0.590. The highest BCUT2D eigenvalue weighted by Gasteiger charge is 2.43. The molecule has 4 nitrogen and oxygen atoms in total. The van der Waals surface area contributed by atoms with E-state index in [1.54, 1.807) is 0 Å². The largest absolute Gasteiger partial charge is 0.394 e. The molecule has 5 atom stereocenters. The van der Waals surface area contributed by atoms with Gasteiger partial charge < -0.3 is 20.1 Å². The van der Waals surface area contributed by atoms with Crippen LogP contribution in [0.2, 0.25) is 0 Å². The predicted octanol–water partition coefficient (Wildman–Crippen LogP) is -0.394. The van der Waals surface area contributed by atoms with Crippen molar-refractivity contribution >= 4 is 0 Å². The molecule has 0 spiro atoms. The van der Waals surface area contributed by atoms with Crippen molar-refractivity contribution in [2.45, 2.75) is 50.4 Å². The minimum Gasteiger partial charge on any atom is -0.394 e. The van der Waals surface area contributed by atoms with Gasteiger partial charge in [0.2, 0.25) is 0 Å². The summed E-state index contributed by atoms with van der Waals surface area (Å²) in [4.78, 5) is 0.